The summed E-state index contributed by atoms with van der Waals surface area (Å²) in [5, 5.41) is 3.66. The van der Waals surface area contributed by atoms with Gasteiger partial charge in [-0.05, 0) is 29.8 Å². The first-order valence-corrected chi connectivity index (χ1v) is 5.92. The van der Waals surface area contributed by atoms with Crippen LogP contribution in [-0.2, 0) is 13.1 Å². The molecule has 4 heteroatoms. The molecule has 0 unspecified atom stereocenters. The number of benzene rings is 2. The third-order valence-electron chi connectivity index (χ3n) is 2.61. The highest BCUT2D eigenvalue weighted by Crippen LogP contribution is 2.12. The minimum absolute atomic E-state index is 0.0615. The van der Waals surface area contributed by atoms with Crippen LogP contribution in [0.3, 0.4) is 0 Å². The molecule has 0 atom stereocenters. The zero-order chi connectivity index (χ0) is 13.0. The van der Waals surface area contributed by atoms with Crippen LogP contribution in [0.1, 0.15) is 11.1 Å². The molecule has 0 aliphatic rings. The van der Waals surface area contributed by atoms with Crippen LogP contribution in [0, 0.1) is 11.6 Å². The average molecular weight is 268 g/mol. The van der Waals surface area contributed by atoms with Crippen molar-refractivity contribution in [3.8, 4) is 0 Å². The Kier molecular flexibility index (Phi) is 4.28. The zero-order valence-corrected chi connectivity index (χ0v) is 10.3. The molecule has 2 rings (SSSR count). The van der Waals surface area contributed by atoms with Crippen molar-refractivity contribution in [1.82, 2.24) is 5.32 Å². The molecule has 0 saturated carbocycles. The second kappa shape index (κ2) is 5.94. The highest BCUT2D eigenvalue weighted by Gasteiger charge is 2.07. The molecule has 0 bridgehead atoms. The third-order valence-corrected chi connectivity index (χ3v) is 2.86. The second-order valence-electron chi connectivity index (χ2n) is 3.93. The summed E-state index contributed by atoms with van der Waals surface area (Å²) in [6.45, 7) is 0.687. The largest absolute Gasteiger partial charge is 0.308 e. The third kappa shape index (κ3) is 3.28. The molecule has 0 aromatic heterocycles. The second-order valence-corrected chi connectivity index (χ2v) is 4.37. The molecule has 94 valence electrons. The number of nitrogens with one attached hydrogen (secondary N) is 1. The molecule has 0 amide bonds. The summed E-state index contributed by atoms with van der Waals surface area (Å²) in [5.74, 6) is -1.06. The van der Waals surface area contributed by atoms with Crippen molar-refractivity contribution in [2.24, 2.45) is 0 Å². The Morgan fingerprint density at radius 1 is 0.889 bits per heavy atom. The number of halogens is 3. The molecule has 0 radical (unpaired) electrons. The summed E-state index contributed by atoms with van der Waals surface area (Å²) >= 11 is 5.76. The highest BCUT2D eigenvalue weighted by atomic mass is 35.5. The van der Waals surface area contributed by atoms with Gasteiger partial charge in [0.1, 0.15) is 11.6 Å². The van der Waals surface area contributed by atoms with Crippen molar-refractivity contribution >= 4 is 11.6 Å². The van der Waals surface area contributed by atoms with Crippen LogP contribution in [0.2, 0.25) is 5.02 Å². The fourth-order valence-corrected chi connectivity index (χ4v) is 1.76. The molecule has 1 N–H and O–H groups in total. The van der Waals surface area contributed by atoms with E-state index in [4.69, 9.17) is 11.6 Å². The van der Waals surface area contributed by atoms with Gasteiger partial charge in [-0.15, -0.1) is 0 Å². The van der Waals surface area contributed by atoms with Gasteiger partial charge < -0.3 is 5.32 Å². The predicted octanol–water partition coefficient (Wildman–Crippen LogP) is 3.91. The van der Waals surface area contributed by atoms with E-state index in [1.54, 1.807) is 12.1 Å². The van der Waals surface area contributed by atoms with E-state index in [9.17, 15) is 8.78 Å². The van der Waals surface area contributed by atoms with Crippen LogP contribution in [0.4, 0.5) is 8.78 Å². The van der Waals surface area contributed by atoms with E-state index in [0.29, 0.717) is 11.6 Å². The van der Waals surface area contributed by atoms with Crippen LogP contribution in [0.5, 0.6) is 0 Å². The highest BCUT2D eigenvalue weighted by molar-refractivity contribution is 6.30. The molecule has 0 saturated heterocycles. The minimum Gasteiger partial charge on any atom is -0.308 e. The summed E-state index contributed by atoms with van der Waals surface area (Å²) < 4.78 is 26.7. The maximum absolute atomic E-state index is 13.3. The van der Waals surface area contributed by atoms with Crippen LogP contribution < -0.4 is 5.32 Å². The zero-order valence-electron chi connectivity index (χ0n) is 9.59. The van der Waals surface area contributed by atoms with E-state index in [-0.39, 0.29) is 12.1 Å². The maximum atomic E-state index is 13.3. The SMILES string of the molecule is Fc1cccc(F)c1CNCc1ccc(Cl)cc1. The van der Waals surface area contributed by atoms with Gasteiger partial charge in [0, 0.05) is 23.7 Å². The van der Waals surface area contributed by atoms with Gasteiger partial charge in [0.15, 0.2) is 0 Å². The van der Waals surface area contributed by atoms with E-state index < -0.39 is 11.6 Å². The standard InChI is InChI=1S/C14H12ClF2N/c15-11-6-4-10(5-7-11)8-18-9-12-13(16)2-1-3-14(12)17/h1-7,18H,8-9H2. The molecule has 0 heterocycles. The van der Waals surface area contributed by atoms with E-state index >= 15 is 0 Å². The summed E-state index contributed by atoms with van der Waals surface area (Å²) in [5.41, 5.74) is 1.07. The van der Waals surface area contributed by atoms with E-state index in [1.807, 2.05) is 12.1 Å². The topological polar surface area (TPSA) is 12.0 Å². The Bertz CT molecular complexity index is 506. The van der Waals surface area contributed by atoms with Crippen molar-refractivity contribution in [3.63, 3.8) is 0 Å². The van der Waals surface area contributed by atoms with Gasteiger partial charge in [0.2, 0.25) is 0 Å². The van der Waals surface area contributed by atoms with Gasteiger partial charge in [-0.25, -0.2) is 8.78 Å². The molecule has 18 heavy (non-hydrogen) atoms. The first-order valence-electron chi connectivity index (χ1n) is 5.55. The lowest BCUT2D eigenvalue weighted by atomic mass is 10.2. The molecule has 0 fully saturated rings. The number of hydrogen-bond acceptors (Lipinski definition) is 1. The first kappa shape index (κ1) is 13.0. The van der Waals surface area contributed by atoms with E-state index in [1.165, 1.54) is 18.2 Å². The Morgan fingerprint density at radius 2 is 1.50 bits per heavy atom. The van der Waals surface area contributed by atoms with Crippen LogP contribution in [0.25, 0.3) is 0 Å². The van der Waals surface area contributed by atoms with Gasteiger partial charge in [-0.1, -0.05) is 29.8 Å². The molecule has 2 aromatic carbocycles. The molecular weight excluding hydrogens is 256 g/mol. The number of hydrogen-bond donors (Lipinski definition) is 1. The number of rotatable bonds is 4. The Labute approximate surface area is 109 Å². The van der Waals surface area contributed by atoms with Crippen molar-refractivity contribution < 1.29 is 8.78 Å². The summed E-state index contributed by atoms with van der Waals surface area (Å²) in [7, 11) is 0. The van der Waals surface area contributed by atoms with Gasteiger partial charge in [0.25, 0.3) is 0 Å². The molecule has 0 aliphatic carbocycles. The smallest absolute Gasteiger partial charge is 0.130 e. The van der Waals surface area contributed by atoms with Gasteiger partial charge in [-0.2, -0.15) is 0 Å². The fourth-order valence-electron chi connectivity index (χ4n) is 1.64. The lowest BCUT2D eigenvalue weighted by Crippen LogP contribution is -2.14. The Balaban J connectivity index is 1.94. The molecule has 1 nitrogen and oxygen atoms in total. The molecule has 0 spiro atoms. The minimum atomic E-state index is -0.529. The summed E-state index contributed by atoms with van der Waals surface area (Å²) in [4.78, 5) is 0. The maximum Gasteiger partial charge on any atom is 0.130 e. The quantitative estimate of drug-likeness (QED) is 0.886. The average Bonchev–Trinajstić information content (AvgIpc) is 2.35. The van der Waals surface area contributed by atoms with Crippen LogP contribution in [-0.4, -0.2) is 0 Å². The van der Waals surface area contributed by atoms with Gasteiger partial charge in [0.05, 0.1) is 0 Å². The van der Waals surface area contributed by atoms with Crippen LogP contribution >= 0.6 is 11.6 Å². The Morgan fingerprint density at radius 3 is 2.11 bits per heavy atom. The van der Waals surface area contributed by atoms with Gasteiger partial charge >= 0.3 is 0 Å². The lowest BCUT2D eigenvalue weighted by Gasteiger charge is -2.07. The molecule has 0 aliphatic heterocycles. The predicted molar refractivity (Wildman–Crippen MR) is 68.4 cm³/mol. The van der Waals surface area contributed by atoms with Crippen molar-refractivity contribution in [2.75, 3.05) is 0 Å². The van der Waals surface area contributed by atoms with Crippen molar-refractivity contribution in [1.29, 1.82) is 0 Å². The van der Waals surface area contributed by atoms with Crippen molar-refractivity contribution in [3.05, 3.63) is 70.2 Å². The van der Waals surface area contributed by atoms with E-state index in [2.05, 4.69) is 5.32 Å². The fraction of sp³-hybridized carbons (Fsp3) is 0.143. The monoisotopic (exact) mass is 267 g/mol. The Hall–Kier alpha value is -1.45. The normalized spacial score (nSPS) is 10.6. The first-order chi connectivity index (χ1) is 8.66. The van der Waals surface area contributed by atoms with Gasteiger partial charge in [-0.3, -0.25) is 0 Å². The summed E-state index contributed by atoms with van der Waals surface area (Å²) in [6, 6.07) is 11.2. The summed E-state index contributed by atoms with van der Waals surface area (Å²) in [6.07, 6.45) is 0. The van der Waals surface area contributed by atoms with Crippen molar-refractivity contribution in [2.45, 2.75) is 13.1 Å². The van der Waals surface area contributed by atoms with E-state index in [0.717, 1.165) is 5.56 Å². The molecule has 2 aromatic rings. The molecular formula is C14H12ClF2N. The van der Waals surface area contributed by atoms with Crippen LogP contribution in [0.15, 0.2) is 42.5 Å². The lowest BCUT2D eigenvalue weighted by molar-refractivity contribution is 0.535.